The Hall–Kier alpha value is -1.19. The molecule has 0 aliphatic heterocycles. The van der Waals surface area contributed by atoms with Gasteiger partial charge in [0.15, 0.2) is 5.96 Å². The Labute approximate surface area is 151 Å². The predicted molar refractivity (Wildman–Crippen MR) is 96.5 cm³/mol. The molecule has 1 aromatic carbocycles. The zero-order valence-electron chi connectivity index (χ0n) is 13.2. The third-order valence-corrected chi connectivity index (χ3v) is 2.78. The molecule has 132 valence electrons. The first-order chi connectivity index (χ1) is 10.5. The first-order valence-corrected chi connectivity index (χ1v) is 7.27. The maximum absolute atomic E-state index is 13.1. The Kier molecular flexibility index (Phi) is 11.6. The van der Waals surface area contributed by atoms with Crippen LogP contribution in [0.5, 0.6) is 5.75 Å². The van der Waals surface area contributed by atoms with Gasteiger partial charge in [0, 0.05) is 12.6 Å². The normalized spacial score (nSPS) is 12.5. The van der Waals surface area contributed by atoms with Gasteiger partial charge >= 0.3 is 0 Å². The summed E-state index contributed by atoms with van der Waals surface area (Å²) < 4.78 is 43.2. The van der Waals surface area contributed by atoms with Crippen LogP contribution in [-0.2, 0) is 0 Å². The van der Waals surface area contributed by atoms with Crippen molar-refractivity contribution in [3.63, 3.8) is 0 Å². The number of hydrogen-bond donors (Lipinski definition) is 2. The third-order valence-electron chi connectivity index (χ3n) is 2.78. The predicted octanol–water partition coefficient (Wildman–Crippen LogP) is 3.42. The zero-order valence-corrected chi connectivity index (χ0v) is 15.5. The summed E-state index contributed by atoms with van der Waals surface area (Å²) in [5.41, 5.74) is 0. The molecule has 1 atom stereocenters. The third kappa shape index (κ3) is 9.52. The molecular weight excluding hydrogens is 422 g/mol. The van der Waals surface area contributed by atoms with E-state index in [4.69, 9.17) is 4.74 Å². The molecule has 0 saturated carbocycles. The van der Waals surface area contributed by atoms with E-state index >= 15 is 0 Å². The van der Waals surface area contributed by atoms with E-state index in [0.717, 1.165) is 0 Å². The lowest BCUT2D eigenvalue weighted by Gasteiger charge is -2.20. The molecule has 1 aromatic rings. The topological polar surface area (TPSA) is 45.7 Å². The summed E-state index contributed by atoms with van der Waals surface area (Å²) in [6, 6.07) is 5.88. The molecule has 23 heavy (non-hydrogen) atoms. The molecule has 0 fully saturated rings. The smallest absolute Gasteiger partial charge is 0.257 e. The van der Waals surface area contributed by atoms with E-state index in [9.17, 15) is 13.2 Å². The monoisotopic (exact) mass is 445 g/mol. The summed E-state index contributed by atoms with van der Waals surface area (Å²) in [5.74, 6) is 0.374. The van der Waals surface area contributed by atoms with E-state index < -0.39 is 13.0 Å². The average molecular weight is 445 g/mol. The van der Waals surface area contributed by atoms with Crippen LogP contribution in [0.1, 0.15) is 20.3 Å². The van der Waals surface area contributed by atoms with Crippen molar-refractivity contribution in [1.82, 2.24) is 10.6 Å². The number of benzene rings is 1. The largest absolute Gasteiger partial charge is 0.489 e. The van der Waals surface area contributed by atoms with Gasteiger partial charge in [-0.2, -0.15) is 0 Å². The maximum atomic E-state index is 13.1. The van der Waals surface area contributed by atoms with E-state index in [-0.39, 0.29) is 35.9 Å². The van der Waals surface area contributed by atoms with E-state index in [1.54, 1.807) is 12.1 Å². The van der Waals surface area contributed by atoms with Crippen molar-refractivity contribution in [2.24, 2.45) is 4.99 Å². The molecule has 0 aliphatic rings. The van der Waals surface area contributed by atoms with Gasteiger partial charge in [-0.05, 0) is 25.5 Å². The molecule has 2 N–H and O–H groups in total. The van der Waals surface area contributed by atoms with Crippen molar-refractivity contribution < 1.29 is 17.9 Å². The van der Waals surface area contributed by atoms with E-state index in [1.807, 2.05) is 13.8 Å². The molecule has 0 amide bonds. The minimum atomic E-state index is -2.49. The van der Waals surface area contributed by atoms with Gasteiger partial charge in [-0.25, -0.2) is 18.2 Å². The highest BCUT2D eigenvalue weighted by atomic mass is 127. The minimum Gasteiger partial charge on any atom is -0.489 e. The summed E-state index contributed by atoms with van der Waals surface area (Å²) in [6.07, 6.45) is -2.03. The first kappa shape index (κ1) is 21.8. The molecule has 0 radical (unpaired) electrons. The fourth-order valence-electron chi connectivity index (χ4n) is 1.71. The van der Waals surface area contributed by atoms with Crippen molar-refractivity contribution in [3.8, 4) is 5.75 Å². The van der Waals surface area contributed by atoms with Gasteiger partial charge in [-0.15, -0.1) is 24.0 Å². The van der Waals surface area contributed by atoms with Crippen LogP contribution in [0.15, 0.2) is 29.3 Å². The molecular formula is C15H23F3IN3O. The molecule has 0 heterocycles. The van der Waals surface area contributed by atoms with Crippen LogP contribution in [0.25, 0.3) is 0 Å². The van der Waals surface area contributed by atoms with Gasteiger partial charge in [0.2, 0.25) is 0 Å². The Morgan fingerprint density at radius 2 is 2.00 bits per heavy atom. The Balaban J connectivity index is 0.00000484. The van der Waals surface area contributed by atoms with Gasteiger partial charge in [-0.3, -0.25) is 0 Å². The second-order valence-corrected chi connectivity index (χ2v) is 4.60. The zero-order chi connectivity index (χ0) is 16.4. The van der Waals surface area contributed by atoms with Crippen LogP contribution in [-0.4, -0.2) is 38.1 Å². The molecule has 8 heteroatoms. The quantitative estimate of drug-likeness (QED) is 0.366. The van der Waals surface area contributed by atoms with Crippen molar-refractivity contribution >= 4 is 29.9 Å². The number of nitrogens with zero attached hydrogens (tertiary/aromatic N) is 1. The first-order valence-electron chi connectivity index (χ1n) is 7.27. The number of halogens is 4. The second-order valence-electron chi connectivity index (χ2n) is 4.60. The van der Waals surface area contributed by atoms with E-state index in [0.29, 0.717) is 31.2 Å². The Morgan fingerprint density at radius 1 is 1.26 bits per heavy atom. The minimum absolute atomic E-state index is 0. The van der Waals surface area contributed by atoms with Gasteiger partial charge < -0.3 is 15.4 Å². The van der Waals surface area contributed by atoms with Crippen LogP contribution >= 0.6 is 24.0 Å². The number of alkyl halides is 2. The second kappa shape index (κ2) is 12.3. The van der Waals surface area contributed by atoms with E-state index in [2.05, 4.69) is 15.6 Å². The summed E-state index contributed by atoms with van der Waals surface area (Å²) in [7, 11) is 0. The molecule has 0 aliphatic carbocycles. The standard InChI is InChI=1S/C15H22F3N3O.HI/c1-3-12(22-13-7-5-6-11(16)8-13)9-20-15(19-4-2)21-10-14(17)18;/h5-8,12,14H,3-4,9-10H2,1-2H3,(H2,19,20,21);1H. The van der Waals surface area contributed by atoms with Crippen LogP contribution < -0.4 is 15.4 Å². The Morgan fingerprint density at radius 3 is 2.57 bits per heavy atom. The number of guanidine groups is 1. The highest BCUT2D eigenvalue weighted by Gasteiger charge is 2.10. The van der Waals surface area contributed by atoms with Crippen molar-refractivity contribution in [3.05, 3.63) is 30.1 Å². The van der Waals surface area contributed by atoms with Gasteiger partial charge in [0.25, 0.3) is 6.43 Å². The fraction of sp³-hybridized carbons (Fsp3) is 0.533. The number of rotatable bonds is 8. The number of nitrogens with one attached hydrogen (secondary N) is 2. The van der Waals surface area contributed by atoms with Crippen LogP contribution in [0, 0.1) is 5.82 Å². The van der Waals surface area contributed by atoms with Crippen molar-refractivity contribution in [2.45, 2.75) is 32.8 Å². The van der Waals surface area contributed by atoms with E-state index in [1.165, 1.54) is 12.1 Å². The molecule has 1 unspecified atom stereocenters. The molecule has 0 saturated heterocycles. The van der Waals surface area contributed by atoms with Gasteiger partial charge in [-0.1, -0.05) is 13.0 Å². The fourth-order valence-corrected chi connectivity index (χ4v) is 1.71. The lowest BCUT2D eigenvalue weighted by molar-refractivity contribution is 0.158. The van der Waals surface area contributed by atoms with Crippen LogP contribution in [0.4, 0.5) is 13.2 Å². The average Bonchev–Trinajstić information content (AvgIpc) is 2.48. The molecule has 0 bridgehead atoms. The number of aliphatic imine (C=N–C) groups is 1. The summed E-state index contributed by atoms with van der Waals surface area (Å²) in [6.45, 7) is 4.16. The van der Waals surface area contributed by atoms with Crippen molar-refractivity contribution in [2.75, 3.05) is 19.6 Å². The number of hydrogen-bond acceptors (Lipinski definition) is 2. The molecule has 0 spiro atoms. The van der Waals surface area contributed by atoms with Crippen LogP contribution in [0.2, 0.25) is 0 Å². The van der Waals surface area contributed by atoms with Crippen LogP contribution in [0.3, 0.4) is 0 Å². The lowest BCUT2D eigenvalue weighted by atomic mass is 10.2. The highest BCUT2D eigenvalue weighted by molar-refractivity contribution is 14.0. The van der Waals surface area contributed by atoms with Gasteiger partial charge in [0.05, 0.1) is 6.54 Å². The van der Waals surface area contributed by atoms with Crippen molar-refractivity contribution in [1.29, 1.82) is 0 Å². The maximum Gasteiger partial charge on any atom is 0.257 e. The molecule has 1 rings (SSSR count). The molecule has 0 aromatic heterocycles. The highest BCUT2D eigenvalue weighted by Crippen LogP contribution is 2.14. The SMILES string of the molecule is CCNC(=NCC(F)F)NCC(CC)Oc1cccc(F)c1.I. The lowest BCUT2D eigenvalue weighted by Crippen LogP contribution is -2.42. The van der Waals surface area contributed by atoms with Gasteiger partial charge in [0.1, 0.15) is 24.2 Å². The molecule has 4 nitrogen and oxygen atoms in total. The summed E-state index contributed by atoms with van der Waals surface area (Å²) in [4.78, 5) is 3.77. The number of ether oxygens (including phenoxy) is 1. The summed E-state index contributed by atoms with van der Waals surface area (Å²) >= 11 is 0. The Bertz CT molecular complexity index is 475. The summed E-state index contributed by atoms with van der Waals surface area (Å²) in [5, 5.41) is 5.83.